The van der Waals surface area contributed by atoms with Crippen LogP contribution in [0.4, 0.5) is 20.2 Å². The number of rotatable bonds is 4. The fraction of sp³-hybridized carbons (Fsp3) is 0.417. The normalized spacial score (nSPS) is 10.6. The lowest BCUT2D eigenvalue weighted by atomic mass is 10.1. The molecule has 5 heteroatoms. The molecule has 0 fully saturated rings. The third-order valence-corrected chi connectivity index (χ3v) is 2.30. The molecule has 0 aliphatic heterocycles. The Morgan fingerprint density at radius 2 is 2.06 bits per heavy atom. The average molecular weight is 242 g/mol. The van der Waals surface area contributed by atoms with Gasteiger partial charge in [0, 0.05) is 12.5 Å². The van der Waals surface area contributed by atoms with Gasteiger partial charge in [0.2, 0.25) is 5.91 Å². The number of hydrogen-bond acceptors (Lipinski definition) is 2. The Bertz CT molecular complexity index is 396. The summed E-state index contributed by atoms with van der Waals surface area (Å²) in [5, 5.41) is 2.36. The minimum Gasteiger partial charge on any atom is -0.397 e. The number of halogens is 2. The van der Waals surface area contributed by atoms with Crippen LogP contribution in [0.3, 0.4) is 0 Å². The molecule has 0 aromatic heterocycles. The van der Waals surface area contributed by atoms with Gasteiger partial charge in [-0.1, -0.05) is 13.8 Å². The van der Waals surface area contributed by atoms with Crippen molar-refractivity contribution in [2.24, 2.45) is 5.92 Å². The Morgan fingerprint density at radius 1 is 1.41 bits per heavy atom. The first-order valence-electron chi connectivity index (χ1n) is 5.44. The number of benzene rings is 1. The van der Waals surface area contributed by atoms with Gasteiger partial charge in [0.15, 0.2) is 5.82 Å². The van der Waals surface area contributed by atoms with E-state index >= 15 is 0 Å². The molecule has 0 saturated carbocycles. The van der Waals surface area contributed by atoms with Crippen molar-refractivity contribution in [1.82, 2.24) is 0 Å². The van der Waals surface area contributed by atoms with Gasteiger partial charge in [0.05, 0.1) is 5.69 Å². The van der Waals surface area contributed by atoms with Crippen molar-refractivity contribution in [3.05, 3.63) is 23.8 Å². The number of nitrogens with two attached hydrogens (primary N) is 1. The van der Waals surface area contributed by atoms with E-state index in [1.165, 1.54) is 0 Å². The number of anilines is 2. The summed E-state index contributed by atoms with van der Waals surface area (Å²) in [7, 11) is 0. The highest BCUT2D eigenvalue weighted by Crippen LogP contribution is 2.24. The molecule has 3 N–H and O–H groups in total. The summed E-state index contributed by atoms with van der Waals surface area (Å²) >= 11 is 0. The first kappa shape index (κ1) is 13.4. The maximum absolute atomic E-state index is 13.3. The summed E-state index contributed by atoms with van der Waals surface area (Å²) in [6, 6.07) is 1.66. The van der Waals surface area contributed by atoms with E-state index in [9.17, 15) is 13.6 Å². The van der Waals surface area contributed by atoms with E-state index in [-0.39, 0.29) is 23.7 Å². The smallest absolute Gasteiger partial charge is 0.224 e. The zero-order valence-corrected chi connectivity index (χ0v) is 9.89. The van der Waals surface area contributed by atoms with Crippen LogP contribution >= 0.6 is 0 Å². The maximum Gasteiger partial charge on any atom is 0.224 e. The van der Waals surface area contributed by atoms with E-state index in [4.69, 9.17) is 5.73 Å². The van der Waals surface area contributed by atoms with Gasteiger partial charge in [-0.2, -0.15) is 0 Å². The molecule has 1 rings (SSSR count). The van der Waals surface area contributed by atoms with Crippen LogP contribution in [0.5, 0.6) is 0 Å². The molecule has 1 aromatic carbocycles. The minimum atomic E-state index is -0.861. The summed E-state index contributed by atoms with van der Waals surface area (Å²) < 4.78 is 26.1. The molecule has 0 aliphatic rings. The van der Waals surface area contributed by atoms with E-state index in [0.29, 0.717) is 18.4 Å². The van der Waals surface area contributed by atoms with Crippen LogP contribution in [0.15, 0.2) is 12.1 Å². The Hall–Kier alpha value is -1.65. The van der Waals surface area contributed by atoms with Gasteiger partial charge in [-0.3, -0.25) is 4.79 Å². The molecule has 94 valence electrons. The fourth-order valence-electron chi connectivity index (χ4n) is 1.35. The van der Waals surface area contributed by atoms with Crippen LogP contribution in [0.25, 0.3) is 0 Å². The first-order chi connectivity index (χ1) is 7.90. The van der Waals surface area contributed by atoms with Crippen molar-refractivity contribution >= 4 is 17.3 Å². The summed E-state index contributed by atoms with van der Waals surface area (Å²) in [6.07, 6.45) is 0.989. The van der Waals surface area contributed by atoms with Gasteiger partial charge >= 0.3 is 0 Å². The Morgan fingerprint density at radius 3 is 2.59 bits per heavy atom. The molecule has 0 spiro atoms. The van der Waals surface area contributed by atoms with Gasteiger partial charge < -0.3 is 11.1 Å². The SMILES string of the molecule is CC(C)CCC(=O)Nc1c(N)cc(F)cc1F. The second-order valence-electron chi connectivity index (χ2n) is 4.33. The average Bonchev–Trinajstić information content (AvgIpc) is 2.20. The predicted molar refractivity (Wildman–Crippen MR) is 63.5 cm³/mol. The second-order valence-corrected chi connectivity index (χ2v) is 4.33. The van der Waals surface area contributed by atoms with Crippen molar-refractivity contribution in [1.29, 1.82) is 0 Å². The van der Waals surface area contributed by atoms with E-state index in [1.807, 2.05) is 13.8 Å². The molecule has 0 atom stereocenters. The largest absolute Gasteiger partial charge is 0.397 e. The zero-order valence-electron chi connectivity index (χ0n) is 9.89. The number of carbonyl (C=O) groups excluding carboxylic acids is 1. The molecule has 17 heavy (non-hydrogen) atoms. The molecule has 0 unspecified atom stereocenters. The highest BCUT2D eigenvalue weighted by Gasteiger charge is 2.12. The summed E-state index contributed by atoms with van der Waals surface area (Å²) in [5.41, 5.74) is 5.17. The highest BCUT2D eigenvalue weighted by molar-refractivity contribution is 5.93. The van der Waals surface area contributed by atoms with Gasteiger partial charge in [-0.15, -0.1) is 0 Å². The van der Waals surface area contributed by atoms with Crippen LogP contribution in [0, 0.1) is 17.6 Å². The van der Waals surface area contributed by atoms with Gasteiger partial charge in [0.25, 0.3) is 0 Å². The van der Waals surface area contributed by atoms with Gasteiger partial charge in [-0.05, 0) is 18.4 Å². The number of nitrogen functional groups attached to an aromatic ring is 1. The number of carbonyl (C=O) groups is 1. The Kier molecular flexibility index (Phi) is 4.43. The highest BCUT2D eigenvalue weighted by atomic mass is 19.1. The van der Waals surface area contributed by atoms with Crippen molar-refractivity contribution in [3.8, 4) is 0 Å². The van der Waals surface area contributed by atoms with Crippen LogP contribution in [-0.2, 0) is 4.79 Å². The third-order valence-electron chi connectivity index (χ3n) is 2.30. The molecule has 0 aliphatic carbocycles. The van der Waals surface area contributed by atoms with Crippen molar-refractivity contribution in [3.63, 3.8) is 0 Å². The standard InChI is InChI=1S/C12H16F2N2O/c1-7(2)3-4-11(17)16-12-9(14)5-8(13)6-10(12)15/h5-7H,3-4,15H2,1-2H3,(H,16,17). The summed E-state index contributed by atoms with van der Waals surface area (Å²) in [6.45, 7) is 3.97. The molecule has 3 nitrogen and oxygen atoms in total. The lowest BCUT2D eigenvalue weighted by molar-refractivity contribution is -0.116. The predicted octanol–water partition coefficient (Wildman–Crippen LogP) is 2.92. The van der Waals surface area contributed by atoms with Gasteiger partial charge in [0.1, 0.15) is 11.5 Å². The second kappa shape index (κ2) is 5.61. The number of amides is 1. The van der Waals surface area contributed by atoms with E-state index < -0.39 is 11.6 Å². The van der Waals surface area contributed by atoms with Crippen molar-refractivity contribution in [2.75, 3.05) is 11.1 Å². The van der Waals surface area contributed by atoms with Crippen molar-refractivity contribution < 1.29 is 13.6 Å². The molecular weight excluding hydrogens is 226 g/mol. The molecule has 0 saturated heterocycles. The molecule has 0 radical (unpaired) electrons. The summed E-state index contributed by atoms with van der Waals surface area (Å²) in [5.74, 6) is -1.56. The quantitative estimate of drug-likeness (QED) is 0.797. The lowest BCUT2D eigenvalue weighted by Gasteiger charge is -2.10. The maximum atomic E-state index is 13.3. The number of hydrogen-bond donors (Lipinski definition) is 2. The molecule has 0 bridgehead atoms. The monoisotopic (exact) mass is 242 g/mol. The first-order valence-corrected chi connectivity index (χ1v) is 5.44. The topological polar surface area (TPSA) is 55.1 Å². The summed E-state index contributed by atoms with van der Waals surface area (Å²) in [4.78, 5) is 11.5. The van der Waals surface area contributed by atoms with Crippen LogP contribution in [-0.4, -0.2) is 5.91 Å². The van der Waals surface area contributed by atoms with E-state index in [1.54, 1.807) is 0 Å². The van der Waals surface area contributed by atoms with Crippen LogP contribution in [0.1, 0.15) is 26.7 Å². The molecular formula is C12H16F2N2O. The fourth-order valence-corrected chi connectivity index (χ4v) is 1.35. The van der Waals surface area contributed by atoms with E-state index in [0.717, 1.165) is 6.07 Å². The minimum absolute atomic E-state index is 0.111. The van der Waals surface area contributed by atoms with Crippen LogP contribution in [0.2, 0.25) is 0 Å². The van der Waals surface area contributed by atoms with Gasteiger partial charge in [-0.25, -0.2) is 8.78 Å². The molecule has 1 aromatic rings. The number of nitrogens with one attached hydrogen (secondary N) is 1. The molecule has 0 heterocycles. The molecule has 1 amide bonds. The third kappa shape index (κ3) is 4.01. The van der Waals surface area contributed by atoms with E-state index in [2.05, 4.69) is 5.32 Å². The lowest BCUT2D eigenvalue weighted by Crippen LogP contribution is -2.15. The Labute approximate surface area is 99.0 Å². The van der Waals surface area contributed by atoms with Crippen molar-refractivity contribution in [2.45, 2.75) is 26.7 Å². The Balaban J connectivity index is 2.72. The van der Waals surface area contributed by atoms with Crippen LogP contribution < -0.4 is 11.1 Å². The zero-order chi connectivity index (χ0) is 13.0.